The maximum Gasteiger partial charge on any atom is 0.416 e. The van der Waals surface area contributed by atoms with Crippen LogP contribution in [0, 0.1) is 5.92 Å². The van der Waals surface area contributed by atoms with Crippen LogP contribution in [0.3, 0.4) is 0 Å². The number of hydrogen-bond donors (Lipinski definition) is 1. The average Bonchev–Trinajstić information content (AvgIpc) is 2.14. The lowest BCUT2D eigenvalue weighted by molar-refractivity contribution is -0.136. The number of carboxylic acid groups (broad SMARTS) is 1. The van der Waals surface area contributed by atoms with E-state index in [0.29, 0.717) is 12.0 Å². The molecule has 1 unspecified atom stereocenters. The van der Waals surface area contributed by atoms with Crippen molar-refractivity contribution < 1.29 is 23.1 Å². The Labute approximate surface area is 91.5 Å². The number of carbonyl (C=O) groups is 1. The second kappa shape index (κ2) is 4.72. The van der Waals surface area contributed by atoms with E-state index >= 15 is 0 Å². The monoisotopic (exact) mass is 234 g/mol. The second-order valence-electron chi connectivity index (χ2n) is 3.91. The molecule has 0 heterocycles. The SMILES string of the molecule is CC1CC=C(C(F)(F)F)C=C1CCC(=O)O. The minimum Gasteiger partial charge on any atom is -0.481 e. The number of alkyl halides is 3. The van der Waals surface area contributed by atoms with Crippen molar-refractivity contribution in [1.29, 1.82) is 0 Å². The summed E-state index contributed by atoms with van der Waals surface area (Å²) >= 11 is 0. The van der Waals surface area contributed by atoms with E-state index in [1.165, 1.54) is 0 Å². The standard InChI is InChI=1S/C11H13F3O2/c1-7-2-4-9(11(12,13)14)6-8(7)3-5-10(15)16/h4,6-7H,2-3,5H2,1H3,(H,15,16). The van der Waals surface area contributed by atoms with E-state index in [1.807, 2.05) is 0 Å². The number of aliphatic carboxylic acids is 1. The minimum atomic E-state index is -4.34. The Morgan fingerprint density at radius 3 is 2.69 bits per heavy atom. The topological polar surface area (TPSA) is 37.3 Å². The number of rotatable bonds is 3. The molecule has 0 saturated heterocycles. The van der Waals surface area contributed by atoms with E-state index < -0.39 is 17.7 Å². The predicted molar refractivity (Wildman–Crippen MR) is 52.9 cm³/mol. The van der Waals surface area contributed by atoms with Crippen LogP contribution in [0.4, 0.5) is 13.2 Å². The van der Waals surface area contributed by atoms with Crippen LogP contribution < -0.4 is 0 Å². The highest BCUT2D eigenvalue weighted by Crippen LogP contribution is 2.35. The Morgan fingerprint density at radius 2 is 2.19 bits per heavy atom. The zero-order chi connectivity index (χ0) is 12.3. The molecule has 16 heavy (non-hydrogen) atoms. The zero-order valence-electron chi connectivity index (χ0n) is 8.84. The van der Waals surface area contributed by atoms with Crippen molar-refractivity contribution in [2.75, 3.05) is 0 Å². The molecule has 0 aromatic carbocycles. The third-order valence-electron chi connectivity index (χ3n) is 2.62. The molecule has 0 aromatic rings. The van der Waals surface area contributed by atoms with Gasteiger partial charge in [-0.15, -0.1) is 0 Å². The molecule has 2 nitrogen and oxygen atoms in total. The summed E-state index contributed by atoms with van der Waals surface area (Å²) in [4.78, 5) is 10.4. The van der Waals surface area contributed by atoms with Crippen LogP contribution in [0.5, 0.6) is 0 Å². The minimum absolute atomic E-state index is 0.00884. The van der Waals surface area contributed by atoms with Gasteiger partial charge in [0.25, 0.3) is 0 Å². The molecule has 0 aromatic heterocycles. The molecule has 1 aliphatic rings. The molecule has 0 bridgehead atoms. The summed E-state index contributed by atoms with van der Waals surface area (Å²) in [5.41, 5.74) is -0.0942. The van der Waals surface area contributed by atoms with Gasteiger partial charge in [0.05, 0.1) is 5.57 Å². The van der Waals surface area contributed by atoms with E-state index in [2.05, 4.69) is 0 Å². The third-order valence-corrected chi connectivity index (χ3v) is 2.62. The molecule has 0 aliphatic heterocycles. The van der Waals surface area contributed by atoms with Gasteiger partial charge < -0.3 is 5.11 Å². The van der Waals surface area contributed by atoms with Gasteiger partial charge in [0.15, 0.2) is 0 Å². The molecule has 1 N–H and O–H groups in total. The van der Waals surface area contributed by atoms with Gasteiger partial charge in [-0.2, -0.15) is 13.2 Å². The molecular weight excluding hydrogens is 221 g/mol. The molecule has 1 aliphatic carbocycles. The van der Waals surface area contributed by atoms with Crippen molar-refractivity contribution in [2.45, 2.75) is 32.4 Å². The molecule has 0 saturated carbocycles. The van der Waals surface area contributed by atoms with Crippen LogP contribution >= 0.6 is 0 Å². The number of allylic oxidation sites excluding steroid dienone is 4. The van der Waals surface area contributed by atoms with Gasteiger partial charge in [-0.05, 0) is 18.8 Å². The highest BCUT2D eigenvalue weighted by molar-refractivity contribution is 5.67. The van der Waals surface area contributed by atoms with Gasteiger partial charge in [-0.1, -0.05) is 24.6 Å². The average molecular weight is 234 g/mol. The molecule has 0 fully saturated rings. The molecule has 1 atom stereocenters. The van der Waals surface area contributed by atoms with Gasteiger partial charge in [-0.25, -0.2) is 0 Å². The Kier molecular flexibility index (Phi) is 3.78. The lowest BCUT2D eigenvalue weighted by Gasteiger charge is -2.21. The highest BCUT2D eigenvalue weighted by Gasteiger charge is 2.34. The van der Waals surface area contributed by atoms with Gasteiger partial charge in [0.1, 0.15) is 0 Å². The molecule has 90 valence electrons. The highest BCUT2D eigenvalue weighted by atomic mass is 19.4. The summed E-state index contributed by atoms with van der Waals surface area (Å²) < 4.78 is 37.2. The number of halogens is 3. The fourth-order valence-electron chi connectivity index (χ4n) is 1.62. The van der Waals surface area contributed by atoms with E-state index in [0.717, 1.165) is 12.2 Å². The summed E-state index contributed by atoms with van der Waals surface area (Å²) in [7, 11) is 0. The molecule has 0 radical (unpaired) electrons. The summed E-state index contributed by atoms with van der Waals surface area (Å²) in [6, 6.07) is 0. The van der Waals surface area contributed by atoms with Gasteiger partial charge in [-0.3, -0.25) is 4.79 Å². The lowest BCUT2D eigenvalue weighted by Crippen LogP contribution is -2.15. The molecule has 5 heteroatoms. The van der Waals surface area contributed by atoms with Crippen molar-refractivity contribution >= 4 is 5.97 Å². The first-order valence-corrected chi connectivity index (χ1v) is 5.00. The van der Waals surface area contributed by atoms with Crippen molar-refractivity contribution in [3.8, 4) is 0 Å². The third kappa shape index (κ3) is 3.40. The maximum absolute atomic E-state index is 12.4. The van der Waals surface area contributed by atoms with Gasteiger partial charge in [0, 0.05) is 6.42 Å². The summed E-state index contributed by atoms with van der Waals surface area (Å²) in [5.74, 6) is -0.998. The largest absolute Gasteiger partial charge is 0.481 e. The molecular formula is C11H13F3O2. The Hall–Kier alpha value is -1.26. The second-order valence-corrected chi connectivity index (χ2v) is 3.91. The lowest BCUT2D eigenvalue weighted by atomic mass is 9.87. The normalized spacial score (nSPS) is 21.4. The van der Waals surface area contributed by atoms with Crippen molar-refractivity contribution in [3.63, 3.8) is 0 Å². The zero-order valence-corrected chi connectivity index (χ0v) is 8.84. The van der Waals surface area contributed by atoms with Crippen LogP contribution in [0.25, 0.3) is 0 Å². The number of carboxylic acids is 1. The van der Waals surface area contributed by atoms with Crippen LogP contribution in [0.2, 0.25) is 0 Å². The van der Waals surface area contributed by atoms with Crippen LogP contribution in [0.15, 0.2) is 23.3 Å². The smallest absolute Gasteiger partial charge is 0.416 e. The van der Waals surface area contributed by atoms with E-state index in [-0.39, 0.29) is 18.8 Å². The molecule has 0 spiro atoms. The van der Waals surface area contributed by atoms with Crippen molar-refractivity contribution in [3.05, 3.63) is 23.3 Å². The Bertz CT molecular complexity index is 340. The van der Waals surface area contributed by atoms with E-state index in [1.54, 1.807) is 6.92 Å². The molecule has 1 rings (SSSR count). The fourth-order valence-corrected chi connectivity index (χ4v) is 1.62. The van der Waals surface area contributed by atoms with Gasteiger partial charge in [0.2, 0.25) is 0 Å². The van der Waals surface area contributed by atoms with E-state index in [4.69, 9.17) is 5.11 Å². The Morgan fingerprint density at radius 1 is 1.56 bits per heavy atom. The fraction of sp³-hybridized carbons (Fsp3) is 0.545. The van der Waals surface area contributed by atoms with Gasteiger partial charge >= 0.3 is 12.1 Å². The molecule has 0 amide bonds. The van der Waals surface area contributed by atoms with Crippen LogP contribution in [0.1, 0.15) is 26.2 Å². The first-order chi connectivity index (χ1) is 7.30. The van der Waals surface area contributed by atoms with Crippen LogP contribution in [-0.2, 0) is 4.79 Å². The summed E-state index contributed by atoms with van der Waals surface area (Å²) in [6.07, 6.45) is -1.72. The van der Waals surface area contributed by atoms with E-state index in [9.17, 15) is 18.0 Å². The first-order valence-electron chi connectivity index (χ1n) is 5.00. The quantitative estimate of drug-likeness (QED) is 0.813. The summed E-state index contributed by atoms with van der Waals surface area (Å²) in [5, 5.41) is 8.49. The predicted octanol–water partition coefficient (Wildman–Crippen LogP) is 3.31. The Balaban J connectivity index is 2.77. The summed E-state index contributed by atoms with van der Waals surface area (Å²) in [6.45, 7) is 1.80. The van der Waals surface area contributed by atoms with Crippen molar-refractivity contribution in [1.82, 2.24) is 0 Å². The van der Waals surface area contributed by atoms with Crippen molar-refractivity contribution in [2.24, 2.45) is 5.92 Å². The van der Waals surface area contributed by atoms with Crippen LogP contribution in [-0.4, -0.2) is 17.3 Å². The first kappa shape index (κ1) is 12.8. The maximum atomic E-state index is 12.4. The number of hydrogen-bond acceptors (Lipinski definition) is 1.